The molecule has 1 aliphatic carbocycles. The van der Waals surface area contributed by atoms with Gasteiger partial charge in [0, 0.05) is 12.3 Å². The molecule has 2 atom stereocenters. The van der Waals surface area contributed by atoms with Gasteiger partial charge in [-0.25, -0.2) is 0 Å². The minimum Gasteiger partial charge on any atom is -0.296 e. The number of piperidine rings is 1. The quantitative estimate of drug-likeness (QED) is 0.767. The van der Waals surface area contributed by atoms with Gasteiger partial charge in [0.05, 0.1) is 0 Å². The molecule has 0 aromatic rings. The fourth-order valence-corrected chi connectivity index (χ4v) is 4.21. The molecule has 1 saturated heterocycles. The summed E-state index contributed by atoms with van der Waals surface area (Å²) in [5.74, 6) is -0.0457. The first-order valence-corrected chi connectivity index (χ1v) is 7.22. The van der Waals surface area contributed by atoms with Crippen molar-refractivity contribution in [3.63, 3.8) is 0 Å². The summed E-state index contributed by atoms with van der Waals surface area (Å²) in [4.78, 5) is 23.9. The van der Waals surface area contributed by atoms with Gasteiger partial charge < -0.3 is 0 Å². The monoisotopic (exact) mass is 251 g/mol. The Morgan fingerprint density at radius 2 is 2.00 bits per heavy atom. The summed E-state index contributed by atoms with van der Waals surface area (Å²) in [7, 11) is 0. The molecule has 1 aliphatic heterocycles. The second kappa shape index (κ2) is 4.67. The Labute approximate surface area is 110 Å². The van der Waals surface area contributed by atoms with Gasteiger partial charge in [0.2, 0.25) is 11.8 Å². The first kappa shape index (κ1) is 13.6. The summed E-state index contributed by atoms with van der Waals surface area (Å²) >= 11 is 0. The Bertz CT molecular complexity index is 362. The van der Waals surface area contributed by atoms with E-state index in [0.717, 1.165) is 32.1 Å². The van der Waals surface area contributed by atoms with Crippen molar-refractivity contribution in [1.29, 1.82) is 0 Å². The van der Waals surface area contributed by atoms with E-state index < -0.39 is 0 Å². The minimum absolute atomic E-state index is 0.0224. The van der Waals surface area contributed by atoms with Crippen LogP contribution in [0.3, 0.4) is 0 Å². The molecule has 1 heterocycles. The van der Waals surface area contributed by atoms with Crippen LogP contribution in [0.1, 0.15) is 65.7 Å². The summed E-state index contributed by atoms with van der Waals surface area (Å²) in [5.41, 5.74) is 0.208. The van der Waals surface area contributed by atoms with Gasteiger partial charge in [0.15, 0.2) is 0 Å². The molecule has 3 nitrogen and oxygen atoms in total. The summed E-state index contributed by atoms with van der Waals surface area (Å²) in [6.07, 6.45) is 6.89. The van der Waals surface area contributed by atoms with Crippen molar-refractivity contribution in [2.75, 3.05) is 0 Å². The van der Waals surface area contributed by atoms with Gasteiger partial charge in [-0.15, -0.1) is 0 Å². The van der Waals surface area contributed by atoms with E-state index in [1.54, 1.807) is 0 Å². The van der Waals surface area contributed by atoms with Gasteiger partial charge in [-0.3, -0.25) is 14.9 Å². The Kier molecular flexibility index (Phi) is 3.52. The van der Waals surface area contributed by atoms with Crippen LogP contribution in [-0.2, 0) is 9.59 Å². The molecule has 1 saturated carbocycles. The molecule has 18 heavy (non-hydrogen) atoms. The fourth-order valence-electron chi connectivity index (χ4n) is 4.21. The van der Waals surface area contributed by atoms with Gasteiger partial charge in [0.1, 0.15) is 0 Å². The SMILES string of the molecule is CCCC1C(=O)NC(=O)CC12CCCC(C)(C)C2. The first-order valence-electron chi connectivity index (χ1n) is 7.22. The molecular formula is C15H25NO2. The van der Waals surface area contributed by atoms with Crippen LogP contribution >= 0.6 is 0 Å². The maximum absolute atomic E-state index is 12.1. The Morgan fingerprint density at radius 3 is 2.61 bits per heavy atom. The molecule has 0 aromatic heterocycles. The van der Waals surface area contributed by atoms with Crippen LogP contribution in [0, 0.1) is 16.7 Å². The van der Waals surface area contributed by atoms with Crippen LogP contribution in [0.25, 0.3) is 0 Å². The second-order valence-electron chi connectivity index (χ2n) is 6.99. The second-order valence-corrected chi connectivity index (χ2v) is 6.99. The van der Waals surface area contributed by atoms with Crippen molar-refractivity contribution in [2.45, 2.75) is 65.7 Å². The van der Waals surface area contributed by atoms with Crippen LogP contribution in [0.15, 0.2) is 0 Å². The van der Waals surface area contributed by atoms with Crippen LogP contribution in [0.2, 0.25) is 0 Å². The third-order valence-corrected chi connectivity index (χ3v) is 4.77. The lowest BCUT2D eigenvalue weighted by molar-refractivity contribution is -0.148. The number of carbonyl (C=O) groups is 2. The molecule has 1 spiro atoms. The Balaban J connectivity index is 2.29. The van der Waals surface area contributed by atoms with Gasteiger partial charge in [-0.05, 0) is 36.5 Å². The van der Waals surface area contributed by atoms with E-state index >= 15 is 0 Å². The van der Waals surface area contributed by atoms with E-state index in [0.29, 0.717) is 6.42 Å². The van der Waals surface area contributed by atoms with Gasteiger partial charge in [-0.2, -0.15) is 0 Å². The van der Waals surface area contributed by atoms with Crippen molar-refractivity contribution in [3.05, 3.63) is 0 Å². The first-order chi connectivity index (χ1) is 8.38. The number of carbonyl (C=O) groups excluding carboxylic acids is 2. The van der Waals surface area contributed by atoms with Gasteiger partial charge in [-0.1, -0.05) is 33.6 Å². The van der Waals surface area contributed by atoms with Crippen molar-refractivity contribution < 1.29 is 9.59 Å². The fraction of sp³-hybridized carbons (Fsp3) is 0.867. The number of amides is 2. The molecule has 1 N–H and O–H groups in total. The third-order valence-electron chi connectivity index (χ3n) is 4.77. The number of rotatable bonds is 2. The molecule has 2 unspecified atom stereocenters. The average molecular weight is 251 g/mol. The van der Waals surface area contributed by atoms with Crippen LogP contribution in [-0.4, -0.2) is 11.8 Å². The normalized spacial score (nSPS) is 35.6. The van der Waals surface area contributed by atoms with Crippen molar-refractivity contribution in [3.8, 4) is 0 Å². The van der Waals surface area contributed by atoms with Crippen molar-refractivity contribution in [2.24, 2.45) is 16.7 Å². The lowest BCUT2D eigenvalue weighted by atomic mass is 9.55. The predicted molar refractivity (Wildman–Crippen MR) is 70.8 cm³/mol. The molecule has 2 fully saturated rings. The smallest absolute Gasteiger partial charge is 0.230 e. The maximum Gasteiger partial charge on any atom is 0.230 e. The lowest BCUT2D eigenvalue weighted by Crippen LogP contribution is -2.54. The zero-order chi connectivity index (χ0) is 13.4. The molecule has 0 aromatic carbocycles. The van der Waals surface area contributed by atoms with Crippen LogP contribution in [0.4, 0.5) is 0 Å². The third kappa shape index (κ3) is 2.45. The predicted octanol–water partition coefficient (Wildman–Crippen LogP) is 3.04. The van der Waals surface area contributed by atoms with Crippen LogP contribution in [0.5, 0.6) is 0 Å². The molecule has 102 valence electrons. The number of nitrogens with one attached hydrogen (secondary N) is 1. The largest absolute Gasteiger partial charge is 0.296 e. The van der Waals surface area contributed by atoms with Gasteiger partial charge in [0.25, 0.3) is 0 Å². The van der Waals surface area contributed by atoms with E-state index in [-0.39, 0.29) is 28.6 Å². The number of hydrogen-bond donors (Lipinski definition) is 1. The van der Waals surface area contributed by atoms with E-state index in [2.05, 4.69) is 26.1 Å². The lowest BCUT2D eigenvalue weighted by Gasteiger charge is -2.50. The summed E-state index contributed by atoms with van der Waals surface area (Å²) in [5, 5.41) is 2.54. The van der Waals surface area contributed by atoms with Crippen molar-refractivity contribution >= 4 is 11.8 Å². The zero-order valence-corrected chi connectivity index (χ0v) is 11.8. The van der Waals surface area contributed by atoms with E-state index in [4.69, 9.17) is 0 Å². The van der Waals surface area contributed by atoms with E-state index in [9.17, 15) is 9.59 Å². The molecule has 2 amide bonds. The molecule has 2 rings (SSSR count). The van der Waals surface area contributed by atoms with Crippen molar-refractivity contribution in [1.82, 2.24) is 5.32 Å². The summed E-state index contributed by atoms with van der Waals surface area (Å²) in [6.45, 7) is 6.66. The minimum atomic E-state index is -0.0648. The molecule has 2 aliphatic rings. The molecular weight excluding hydrogens is 226 g/mol. The van der Waals surface area contributed by atoms with Gasteiger partial charge >= 0.3 is 0 Å². The number of imide groups is 1. The highest BCUT2D eigenvalue weighted by Crippen LogP contribution is 2.54. The molecule has 3 heteroatoms. The zero-order valence-electron chi connectivity index (χ0n) is 11.8. The molecule has 0 bridgehead atoms. The van der Waals surface area contributed by atoms with Crippen LogP contribution < -0.4 is 5.32 Å². The van der Waals surface area contributed by atoms with E-state index in [1.807, 2.05) is 0 Å². The topological polar surface area (TPSA) is 46.2 Å². The standard InChI is InChI=1S/C15H25NO2/c1-4-6-11-13(18)16-12(17)9-15(11)8-5-7-14(2,3)10-15/h11H,4-10H2,1-3H3,(H,16,17,18). The Hall–Kier alpha value is -0.860. The number of hydrogen-bond acceptors (Lipinski definition) is 2. The highest BCUT2D eigenvalue weighted by Gasteiger charge is 2.51. The summed E-state index contributed by atoms with van der Waals surface area (Å²) < 4.78 is 0. The maximum atomic E-state index is 12.1. The highest BCUT2D eigenvalue weighted by molar-refractivity contribution is 5.99. The molecule has 0 radical (unpaired) electrons. The Morgan fingerprint density at radius 1 is 1.28 bits per heavy atom. The highest BCUT2D eigenvalue weighted by atomic mass is 16.2. The summed E-state index contributed by atoms with van der Waals surface area (Å²) in [6, 6.07) is 0. The average Bonchev–Trinajstić information content (AvgIpc) is 2.21. The van der Waals surface area contributed by atoms with E-state index in [1.165, 1.54) is 6.42 Å².